The monoisotopic (exact) mass is 402 g/mol. The second-order valence-corrected chi connectivity index (χ2v) is 7.06. The molecule has 1 heterocycles. The van der Waals surface area contributed by atoms with E-state index in [9.17, 15) is 9.59 Å². The van der Waals surface area contributed by atoms with Crippen molar-refractivity contribution in [2.24, 2.45) is 0 Å². The van der Waals surface area contributed by atoms with Crippen LogP contribution in [0.1, 0.15) is 15.9 Å². The molecule has 6 nitrogen and oxygen atoms in total. The summed E-state index contributed by atoms with van der Waals surface area (Å²) in [7, 11) is 1.70. The molecule has 152 valence electrons. The van der Waals surface area contributed by atoms with Gasteiger partial charge >= 0.3 is 0 Å². The van der Waals surface area contributed by atoms with Gasteiger partial charge in [-0.3, -0.25) is 9.59 Å². The number of ether oxygens (including phenoxy) is 2. The van der Waals surface area contributed by atoms with Crippen LogP contribution in [0.25, 0.3) is 11.1 Å². The average molecular weight is 402 g/mol. The van der Waals surface area contributed by atoms with E-state index >= 15 is 0 Å². The minimum absolute atomic E-state index is 0.0691. The van der Waals surface area contributed by atoms with Gasteiger partial charge in [0.1, 0.15) is 0 Å². The molecule has 0 radical (unpaired) electrons. The predicted molar refractivity (Wildman–Crippen MR) is 113 cm³/mol. The highest BCUT2D eigenvalue weighted by molar-refractivity contribution is 5.96. The van der Waals surface area contributed by atoms with E-state index in [0.29, 0.717) is 23.6 Å². The summed E-state index contributed by atoms with van der Waals surface area (Å²) in [6, 6.07) is 22.9. The highest BCUT2D eigenvalue weighted by Crippen LogP contribution is 2.32. The van der Waals surface area contributed by atoms with Crippen LogP contribution in [-0.2, 0) is 11.3 Å². The Labute approximate surface area is 175 Å². The van der Waals surface area contributed by atoms with Crippen LogP contribution in [0.15, 0.2) is 72.8 Å². The van der Waals surface area contributed by atoms with Gasteiger partial charge in [0.05, 0.1) is 6.54 Å². The third-order valence-corrected chi connectivity index (χ3v) is 4.94. The van der Waals surface area contributed by atoms with Gasteiger partial charge in [0.2, 0.25) is 12.7 Å². The molecule has 1 aliphatic heterocycles. The number of nitrogens with one attached hydrogen (secondary N) is 1. The van der Waals surface area contributed by atoms with E-state index in [-0.39, 0.29) is 25.2 Å². The maximum absolute atomic E-state index is 12.4. The highest BCUT2D eigenvalue weighted by atomic mass is 16.7. The van der Waals surface area contributed by atoms with Crippen molar-refractivity contribution < 1.29 is 19.1 Å². The fourth-order valence-electron chi connectivity index (χ4n) is 3.24. The zero-order valence-corrected chi connectivity index (χ0v) is 16.6. The molecule has 0 saturated heterocycles. The molecule has 0 bridgehead atoms. The highest BCUT2D eigenvalue weighted by Gasteiger charge is 2.16. The molecule has 0 atom stereocenters. The van der Waals surface area contributed by atoms with Crippen molar-refractivity contribution in [1.82, 2.24) is 10.2 Å². The molecule has 1 aliphatic rings. The van der Waals surface area contributed by atoms with E-state index in [2.05, 4.69) is 5.32 Å². The Kier molecular flexibility index (Phi) is 5.66. The second-order valence-electron chi connectivity index (χ2n) is 7.06. The average Bonchev–Trinajstić information content (AvgIpc) is 3.26. The minimum atomic E-state index is -0.278. The molecule has 3 aromatic rings. The van der Waals surface area contributed by atoms with Crippen LogP contribution < -0.4 is 14.8 Å². The molecule has 0 spiro atoms. The summed E-state index contributed by atoms with van der Waals surface area (Å²) >= 11 is 0. The number of likely N-dealkylation sites (N-methyl/N-ethyl adjacent to an activating group) is 1. The first kappa shape index (κ1) is 19.5. The number of rotatable bonds is 6. The second kappa shape index (κ2) is 8.69. The predicted octanol–water partition coefficient (Wildman–Crippen LogP) is 3.47. The zero-order chi connectivity index (χ0) is 20.9. The van der Waals surface area contributed by atoms with Gasteiger partial charge < -0.3 is 19.7 Å². The van der Waals surface area contributed by atoms with Crippen molar-refractivity contribution in [3.05, 3.63) is 83.9 Å². The van der Waals surface area contributed by atoms with Crippen molar-refractivity contribution in [2.75, 3.05) is 20.4 Å². The van der Waals surface area contributed by atoms with Gasteiger partial charge in [-0.25, -0.2) is 0 Å². The van der Waals surface area contributed by atoms with Crippen LogP contribution in [0.2, 0.25) is 0 Å². The third-order valence-electron chi connectivity index (χ3n) is 4.94. The van der Waals surface area contributed by atoms with Crippen LogP contribution in [-0.4, -0.2) is 37.1 Å². The molecule has 0 aromatic heterocycles. The number of carbonyl (C=O) groups is 2. The van der Waals surface area contributed by atoms with Crippen molar-refractivity contribution in [1.29, 1.82) is 0 Å². The summed E-state index contributed by atoms with van der Waals surface area (Å²) in [4.78, 5) is 26.4. The molecule has 4 rings (SSSR count). The van der Waals surface area contributed by atoms with Crippen molar-refractivity contribution in [3.63, 3.8) is 0 Å². The Hall–Kier alpha value is -3.80. The molecule has 3 aromatic carbocycles. The Morgan fingerprint density at radius 1 is 0.900 bits per heavy atom. The molecule has 0 fully saturated rings. The van der Waals surface area contributed by atoms with E-state index < -0.39 is 0 Å². The lowest BCUT2D eigenvalue weighted by molar-refractivity contribution is -0.129. The minimum Gasteiger partial charge on any atom is -0.454 e. The molecule has 0 aliphatic carbocycles. The third kappa shape index (κ3) is 4.43. The van der Waals surface area contributed by atoms with Gasteiger partial charge in [-0.15, -0.1) is 0 Å². The molecule has 0 unspecified atom stereocenters. The first-order valence-electron chi connectivity index (χ1n) is 9.66. The lowest BCUT2D eigenvalue weighted by Crippen LogP contribution is -2.37. The molecule has 0 saturated carbocycles. The largest absolute Gasteiger partial charge is 0.454 e. The number of carbonyl (C=O) groups excluding carboxylic acids is 2. The Morgan fingerprint density at radius 2 is 1.60 bits per heavy atom. The number of hydrogen-bond acceptors (Lipinski definition) is 4. The van der Waals surface area contributed by atoms with E-state index in [0.717, 1.165) is 16.7 Å². The molecular weight excluding hydrogens is 380 g/mol. The molecular formula is C24H22N2O4. The van der Waals surface area contributed by atoms with Gasteiger partial charge in [-0.1, -0.05) is 48.5 Å². The first-order chi connectivity index (χ1) is 14.6. The standard InChI is InChI=1S/C24H22N2O4/c1-26(15-17-7-12-21-22(13-17)30-16-29-21)23(27)14-25-24(28)20-10-8-19(9-11-20)18-5-3-2-4-6-18/h2-13H,14-16H2,1H3,(H,25,28). The lowest BCUT2D eigenvalue weighted by Gasteiger charge is -2.18. The number of benzene rings is 3. The fraction of sp³-hybridized carbons (Fsp3) is 0.167. The number of hydrogen-bond donors (Lipinski definition) is 1. The summed E-state index contributed by atoms with van der Waals surface area (Å²) in [6.45, 7) is 0.559. The molecule has 1 N–H and O–H groups in total. The van der Waals surface area contributed by atoms with E-state index in [1.165, 1.54) is 0 Å². The Balaban J connectivity index is 1.30. The van der Waals surface area contributed by atoms with Crippen molar-refractivity contribution >= 4 is 11.8 Å². The van der Waals surface area contributed by atoms with Gasteiger partial charge in [-0.05, 0) is 41.0 Å². The van der Waals surface area contributed by atoms with E-state index in [1.54, 1.807) is 24.1 Å². The normalized spacial score (nSPS) is 11.8. The summed E-state index contributed by atoms with van der Waals surface area (Å²) in [5.41, 5.74) is 3.57. The van der Waals surface area contributed by atoms with Gasteiger partial charge in [0.15, 0.2) is 11.5 Å². The molecule has 6 heteroatoms. The Morgan fingerprint density at radius 3 is 2.37 bits per heavy atom. The number of amides is 2. The van der Waals surface area contributed by atoms with Gasteiger partial charge in [0.25, 0.3) is 5.91 Å². The molecule has 2 amide bonds. The zero-order valence-electron chi connectivity index (χ0n) is 16.6. The van der Waals surface area contributed by atoms with Crippen molar-refractivity contribution in [3.8, 4) is 22.6 Å². The summed E-state index contributed by atoms with van der Waals surface area (Å²) in [6.07, 6.45) is 0. The summed E-state index contributed by atoms with van der Waals surface area (Å²) < 4.78 is 10.7. The maximum atomic E-state index is 12.4. The van der Waals surface area contributed by atoms with Crippen LogP contribution in [0.5, 0.6) is 11.5 Å². The van der Waals surface area contributed by atoms with Crippen LogP contribution >= 0.6 is 0 Å². The van der Waals surface area contributed by atoms with Crippen LogP contribution in [0.3, 0.4) is 0 Å². The summed E-state index contributed by atoms with van der Waals surface area (Å²) in [5.74, 6) is 0.931. The van der Waals surface area contributed by atoms with E-state index in [1.807, 2.05) is 60.7 Å². The number of nitrogens with zero attached hydrogens (tertiary/aromatic N) is 1. The summed E-state index contributed by atoms with van der Waals surface area (Å²) in [5, 5.41) is 2.69. The van der Waals surface area contributed by atoms with E-state index in [4.69, 9.17) is 9.47 Å². The fourth-order valence-corrected chi connectivity index (χ4v) is 3.24. The number of fused-ring (bicyclic) bond motifs is 1. The van der Waals surface area contributed by atoms with Gasteiger partial charge in [-0.2, -0.15) is 0 Å². The topological polar surface area (TPSA) is 67.9 Å². The first-order valence-corrected chi connectivity index (χ1v) is 9.66. The van der Waals surface area contributed by atoms with Crippen LogP contribution in [0, 0.1) is 0 Å². The molecule has 30 heavy (non-hydrogen) atoms. The lowest BCUT2D eigenvalue weighted by atomic mass is 10.0. The van der Waals surface area contributed by atoms with Crippen molar-refractivity contribution in [2.45, 2.75) is 6.54 Å². The quantitative estimate of drug-likeness (QED) is 0.686. The Bertz CT molecular complexity index is 1050. The smallest absolute Gasteiger partial charge is 0.251 e. The maximum Gasteiger partial charge on any atom is 0.251 e. The SMILES string of the molecule is CN(Cc1ccc2c(c1)OCO2)C(=O)CNC(=O)c1ccc(-c2ccccc2)cc1. The van der Waals surface area contributed by atoms with Crippen LogP contribution in [0.4, 0.5) is 0 Å². The van der Waals surface area contributed by atoms with Gasteiger partial charge in [0, 0.05) is 19.2 Å².